The average Bonchev–Trinajstić information content (AvgIpc) is 2.64. The number of nitrogens with zero attached hydrogens (tertiary/aromatic N) is 1. The van der Waals surface area contributed by atoms with Gasteiger partial charge in [-0.25, -0.2) is 0 Å². The van der Waals surface area contributed by atoms with Gasteiger partial charge in [-0.15, -0.1) is 0 Å². The first kappa shape index (κ1) is 13.7. The van der Waals surface area contributed by atoms with E-state index in [0.29, 0.717) is 16.2 Å². The molecule has 4 aliphatic carbocycles. The van der Waals surface area contributed by atoms with Gasteiger partial charge in [0.1, 0.15) is 5.82 Å². The normalized spacial score (nSPS) is 44.4. The Morgan fingerprint density at radius 3 is 2.38 bits per heavy atom. The molecule has 0 spiro atoms. The first-order chi connectivity index (χ1) is 9.84. The van der Waals surface area contributed by atoms with Gasteiger partial charge in [-0.2, -0.15) is 5.10 Å². The molecule has 1 heterocycles. The van der Waals surface area contributed by atoms with Crippen LogP contribution < -0.4 is 5.73 Å². The number of anilines is 1. The summed E-state index contributed by atoms with van der Waals surface area (Å²) in [7, 11) is 0. The van der Waals surface area contributed by atoms with E-state index in [1.807, 2.05) is 0 Å². The maximum Gasteiger partial charge on any atom is 0.148 e. The van der Waals surface area contributed by atoms with E-state index in [2.05, 4.69) is 31.0 Å². The summed E-state index contributed by atoms with van der Waals surface area (Å²) < 4.78 is 0. The van der Waals surface area contributed by atoms with Crippen LogP contribution in [0.3, 0.4) is 0 Å². The second kappa shape index (κ2) is 4.05. The molecule has 0 aromatic carbocycles. The molecule has 0 saturated heterocycles. The number of hydrogen-bond acceptors (Lipinski definition) is 2. The van der Waals surface area contributed by atoms with Gasteiger partial charge >= 0.3 is 0 Å². The second-order valence-corrected chi connectivity index (χ2v) is 9.23. The molecule has 3 N–H and O–H groups in total. The second-order valence-electron chi connectivity index (χ2n) is 9.23. The van der Waals surface area contributed by atoms with E-state index in [1.165, 1.54) is 56.2 Å². The highest BCUT2D eigenvalue weighted by molar-refractivity contribution is 5.42. The Morgan fingerprint density at radius 2 is 1.81 bits per heavy atom. The maximum atomic E-state index is 6.03. The van der Waals surface area contributed by atoms with Crippen molar-refractivity contribution in [1.29, 1.82) is 0 Å². The number of hydrogen-bond donors (Lipinski definition) is 2. The third-order valence-corrected chi connectivity index (χ3v) is 6.63. The van der Waals surface area contributed by atoms with Crippen molar-refractivity contribution in [2.45, 2.75) is 72.1 Å². The van der Waals surface area contributed by atoms with Gasteiger partial charge in [0.2, 0.25) is 0 Å². The summed E-state index contributed by atoms with van der Waals surface area (Å²) in [6.07, 6.45) is 10.8. The Labute approximate surface area is 128 Å². The number of rotatable bonds is 3. The van der Waals surface area contributed by atoms with Crippen molar-refractivity contribution in [2.75, 3.05) is 5.73 Å². The van der Waals surface area contributed by atoms with Crippen molar-refractivity contribution in [3.05, 3.63) is 11.3 Å². The van der Waals surface area contributed by atoms with Gasteiger partial charge in [-0.3, -0.25) is 5.10 Å². The van der Waals surface area contributed by atoms with E-state index < -0.39 is 0 Å². The van der Waals surface area contributed by atoms with E-state index in [4.69, 9.17) is 5.73 Å². The van der Waals surface area contributed by atoms with E-state index in [-0.39, 0.29) is 0 Å². The predicted octanol–water partition coefficient (Wildman–Crippen LogP) is 4.09. The summed E-state index contributed by atoms with van der Waals surface area (Å²) >= 11 is 0. The number of H-pyrrole nitrogens is 1. The fraction of sp³-hybridized carbons (Fsp3) is 0.833. The van der Waals surface area contributed by atoms with Crippen molar-refractivity contribution in [3.8, 4) is 0 Å². The van der Waals surface area contributed by atoms with E-state index >= 15 is 0 Å². The van der Waals surface area contributed by atoms with Crippen LogP contribution in [0.25, 0.3) is 0 Å². The van der Waals surface area contributed by atoms with Crippen LogP contribution in [0.15, 0.2) is 0 Å². The zero-order chi connectivity index (χ0) is 14.9. The highest BCUT2D eigenvalue weighted by Crippen LogP contribution is 2.70. The van der Waals surface area contributed by atoms with Gasteiger partial charge in [0, 0.05) is 11.3 Å². The predicted molar refractivity (Wildman–Crippen MR) is 85.9 cm³/mol. The third-order valence-electron chi connectivity index (χ3n) is 6.63. The van der Waals surface area contributed by atoms with Crippen LogP contribution in [0.1, 0.15) is 70.6 Å². The van der Waals surface area contributed by atoms with E-state index in [0.717, 1.165) is 18.2 Å². The summed E-state index contributed by atoms with van der Waals surface area (Å²) in [6.45, 7) is 7.28. The van der Waals surface area contributed by atoms with Gasteiger partial charge in [0.25, 0.3) is 0 Å². The lowest BCUT2D eigenvalue weighted by molar-refractivity contribution is -0.144. The van der Waals surface area contributed by atoms with Gasteiger partial charge in [0.15, 0.2) is 0 Å². The van der Waals surface area contributed by atoms with Gasteiger partial charge in [0.05, 0.1) is 0 Å². The third kappa shape index (κ3) is 2.03. The number of nitrogens with two attached hydrogens (primary N) is 1. The van der Waals surface area contributed by atoms with Gasteiger partial charge < -0.3 is 5.73 Å². The van der Waals surface area contributed by atoms with Crippen molar-refractivity contribution in [3.63, 3.8) is 0 Å². The fourth-order valence-electron chi connectivity index (χ4n) is 7.21. The lowest BCUT2D eigenvalue weighted by Gasteiger charge is -2.65. The molecule has 0 amide bonds. The monoisotopic (exact) mass is 287 g/mol. The number of aromatic amines is 1. The molecule has 4 bridgehead atoms. The van der Waals surface area contributed by atoms with Crippen molar-refractivity contribution in [1.82, 2.24) is 10.2 Å². The van der Waals surface area contributed by atoms with E-state index in [9.17, 15) is 0 Å². The molecule has 2 unspecified atom stereocenters. The topological polar surface area (TPSA) is 54.7 Å². The molecule has 3 nitrogen and oxygen atoms in total. The SMILES string of the molecule is CCc1c(N)n[nH]c1CC12CC3CC(C)(CC(C)(C3)C1)C2. The van der Waals surface area contributed by atoms with Crippen LogP contribution in [-0.4, -0.2) is 10.2 Å². The van der Waals surface area contributed by atoms with Crippen molar-refractivity contribution >= 4 is 5.82 Å². The molecule has 3 heteroatoms. The molecule has 21 heavy (non-hydrogen) atoms. The standard InChI is InChI=1S/C18H29N3/c1-4-13-14(20-21-15(13)19)8-18-7-12-5-16(2,10-18)9-17(3,6-12)11-18/h12H,4-11H2,1-3H3,(H3,19,20,21). The van der Waals surface area contributed by atoms with Crippen molar-refractivity contribution in [2.24, 2.45) is 22.2 Å². The first-order valence-corrected chi connectivity index (χ1v) is 8.66. The number of nitrogens with one attached hydrogen (secondary N) is 1. The fourth-order valence-corrected chi connectivity index (χ4v) is 7.21. The van der Waals surface area contributed by atoms with Gasteiger partial charge in [-0.1, -0.05) is 20.8 Å². The molecule has 1 aromatic heterocycles. The molecular weight excluding hydrogens is 258 g/mol. The Balaban J connectivity index is 1.68. The first-order valence-electron chi connectivity index (χ1n) is 8.66. The van der Waals surface area contributed by atoms with Crippen LogP contribution in [0.5, 0.6) is 0 Å². The smallest absolute Gasteiger partial charge is 0.148 e. The maximum absolute atomic E-state index is 6.03. The van der Waals surface area contributed by atoms with Crippen LogP contribution in [0.2, 0.25) is 0 Å². The molecule has 4 saturated carbocycles. The minimum absolute atomic E-state index is 0.506. The minimum atomic E-state index is 0.506. The summed E-state index contributed by atoms with van der Waals surface area (Å²) in [5.41, 5.74) is 10.3. The van der Waals surface area contributed by atoms with Crippen LogP contribution in [0, 0.1) is 22.2 Å². The van der Waals surface area contributed by atoms with E-state index in [1.54, 1.807) is 0 Å². The summed E-state index contributed by atoms with van der Waals surface area (Å²) in [6, 6.07) is 0. The molecule has 4 aliphatic rings. The lowest BCUT2D eigenvalue weighted by atomic mass is 9.39. The summed E-state index contributed by atoms with van der Waals surface area (Å²) in [4.78, 5) is 0. The highest BCUT2D eigenvalue weighted by atomic mass is 15.2. The molecule has 0 radical (unpaired) electrons. The minimum Gasteiger partial charge on any atom is -0.382 e. The highest BCUT2D eigenvalue weighted by Gasteiger charge is 2.59. The largest absolute Gasteiger partial charge is 0.382 e. The van der Waals surface area contributed by atoms with Crippen LogP contribution >= 0.6 is 0 Å². The summed E-state index contributed by atoms with van der Waals surface area (Å²) in [5.74, 6) is 1.68. The van der Waals surface area contributed by atoms with Crippen LogP contribution in [0.4, 0.5) is 5.82 Å². The average molecular weight is 287 g/mol. The molecule has 5 rings (SSSR count). The molecule has 116 valence electrons. The summed E-state index contributed by atoms with van der Waals surface area (Å²) in [5, 5.41) is 7.52. The zero-order valence-corrected chi connectivity index (χ0v) is 13.8. The molecule has 0 aliphatic heterocycles. The quantitative estimate of drug-likeness (QED) is 0.879. The Kier molecular flexibility index (Phi) is 2.64. The molecule has 4 fully saturated rings. The lowest BCUT2D eigenvalue weighted by Crippen LogP contribution is -2.55. The number of aromatic nitrogens is 2. The zero-order valence-electron chi connectivity index (χ0n) is 13.8. The molecule has 1 aromatic rings. The molecular formula is C18H29N3. The number of nitrogen functional groups attached to an aromatic ring is 1. The Morgan fingerprint density at radius 1 is 1.14 bits per heavy atom. The van der Waals surface area contributed by atoms with Gasteiger partial charge in [-0.05, 0) is 73.5 Å². The molecule has 2 atom stereocenters. The van der Waals surface area contributed by atoms with Crippen molar-refractivity contribution < 1.29 is 0 Å². The van der Waals surface area contributed by atoms with Crippen LogP contribution in [-0.2, 0) is 12.8 Å². The Hall–Kier alpha value is -0.990. The Bertz CT molecular complexity index is 555.